The molecule has 3 rings (SSSR count). The molecule has 0 spiro atoms. The summed E-state index contributed by atoms with van der Waals surface area (Å²) in [6.07, 6.45) is 0. The Bertz CT molecular complexity index is 940. The van der Waals surface area contributed by atoms with E-state index in [-0.39, 0.29) is 11.2 Å². The van der Waals surface area contributed by atoms with Gasteiger partial charge in [-0.1, -0.05) is 63.3 Å². The average molecular weight is 452 g/mol. The second kappa shape index (κ2) is 8.27. The number of thioether (sulfide) groups is 1. The Balaban J connectivity index is 1.70. The van der Waals surface area contributed by atoms with Crippen LogP contribution < -0.4 is 5.32 Å². The number of benzene rings is 2. The van der Waals surface area contributed by atoms with E-state index in [0.29, 0.717) is 3.95 Å². The highest BCUT2D eigenvalue weighted by molar-refractivity contribution is 9.10. The Morgan fingerprint density at radius 3 is 2.76 bits per heavy atom. The molecule has 1 unspecified atom stereocenters. The molecule has 25 heavy (non-hydrogen) atoms. The number of carbonyl (C=O) groups excluding carboxylic acids is 1. The maximum absolute atomic E-state index is 12.4. The van der Waals surface area contributed by atoms with Crippen molar-refractivity contribution in [2.75, 3.05) is 5.32 Å². The lowest BCUT2D eigenvalue weighted by Crippen LogP contribution is -2.22. The topological polar surface area (TPSA) is 46.9 Å². The van der Waals surface area contributed by atoms with Crippen molar-refractivity contribution in [2.45, 2.75) is 16.5 Å². The molecule has 0 aliphatic rings. The number of nitrogens with zero attached hydrogens (tertiary/aromatic N) is 2. The van der Waals surface area contributed by atoms with Gasteiger partial charge in [0.2, 0.25) is 5.91 Å². The summed E-state index contributed by atoms with van der Waals surface area (Å²) in [5.74, 6) is -0.0736. The summed E-state index contributed by atoms with van der Waals surface area (Å²) in [6, 6.07) is 17.2. The summed E-state index contributed by atoms with van der Waals surface area (Å²) in [5, 5.41) is 7.15. The average Bonchev–Trinajstić information content (AvgIpc) is 2.96. The lowest BCUT2D eigenvalue weighted by molar-refractivity contribution is -0.115. The zero-order valence-electron chi connectivity index (χ0n) is 13.2. The Labute approximate surface area is 167 Å². The van der Waals surface area contributed by atoms with Crippen molar-refractivity contribution in [3.05, 3.63) is 63.0 Å². The largest absolute Gasteiger partial charge is 0.325 e. The fourth-order valence-electron chi connectivity index (χ4n) is 2.06. The highest BCUT2D eigenvalue weighted by atomic mass is 79.9. The van der Waals surface area contributed by atoms with Crippen molar-refractivity contribution < 1.29 is 4.79 Å². The Morgan fingerprint density at radius 1 is 1.28 bits per heavy atom. The van der Waals surface area contributed by atoms with Crippen LogP contribution in [-0.2, 0) is 4.79 Å². The minimum Gasteiger partial charge on any atom is -0.325 e. The van der Waals surface area contributed by atoms with E-state index in [0.717, 1.165) is 20.2 Å². The molecule has 0 radical (unpaired) electrons. The van der Waals surface area contributed by atoms with Crippen molar-refractivity contribution in [3.63, 3.8) is 0 Å². The van der Waals surface area contributed by atoms with E-state index in [4.69, 9.17) is 12.2 Å². The molecule has 1 amide bonds. The summed E-state index contributed by atoms with van der Waals surface area (Å²) < 4.78 is 4.07. The number of aromatic nitrogens is 2. The highest BCUT2D eigenvalue weighted by Crippen LogP contribution is 2.28. The summed E-state index contributed by atoms with van der Waals surface area (Å²) in [4.78, 5) is 12.4. The fourth-order valence-corrected chi connectivity index (χ4v) is 4.96. The molecule has 0 saturated heterocycles. The van der Waals surface area contributed by atoms with Gasteiger partial charge in [-0.25, -0.2) is 4.68 Å². The van der Waals surface area contributed by atoms with Gasteiger partial charge in [-0.3, -0.25) is 4.79 Å². The molecule has 4 nitrogen and oxygen atoms in total. The molecule has 0 aliphatic heterocycles. The predicted octanol–water partition coefficient (Wildman–Crippen LogP) is 5.55. The Morgan fingerprint density at radius 2 is 2.04 bits per heavy atom. The quantitative estimate of drug-likeness (QED) is 0.408. The van der Waals surface area contributed by atoms with Crippen molar-refractivity contribution in [2.24, 2.45) is 0 Å². The van der Waals surface area contributed by atoms with Gasteiger partial charge < -0.3 is 5.32 Å². The second-order valence-electron chi connectivity index (χ2n) is 5.14. The number of carbonyl (C=O) groups is 1. The third-order valence-corrected chi connectivity index (χ3v) is 6.18. The minimum atomic E-state index is -0.288. The van der Waals surface area contributed by atoms with Gasteiger partial charge in [0.15, 0.2) is 8.29 Å². The first-order chi connectivity index (χ1) is 12.0. The van der Waals surface area contributed by atoms with Crippen molar-refractivity contribution in [3.8, 4) is 5.69 Å². The third kappa shape index (κ3) is 4.78. The number of amides is 1. The van der Waals surface area contributed by atoms with E-state index in [9.17, 15) is 4.79 Å². The van der Waals surface area contributed by atoms with Gasteiger partial charge in [0.25, 0.3) is 0 Å². The van der Waals surface area contributed by atoms with Gasteiger partial charge in [-0.15, -0.1) is 5.10 Å². The van der Waals surface area contributed by atoms with E-state index < -0.39 is 0 Å². The maximum Gasteiger partial charge on any atom is 0.237 e. The Hall–Kier alpha value is -1.48. The standard InChI is InChI=1S/C17H14BrN3OS3/c1-11(15(22)19-13-7-5-6-12(18)10-13)24-16-20-21(17(23)25-16)14-8-3-2-4-9-14/h2-11H,1H3,(H,19,22). The molecule has 1 heterocycles. The first-order valence-electron chi connectivity index (χ1n) is 7.41. The number of nitrogens with one attached hydrogen (secondary N) is 1. The van der Waals surface area contributed by atoms with Crippen molar-refractivity contribution in [1.82, 2.24) is 9.78 Å². The molecule has 0 saturated carbocycles. The number of halogens is 1. The van der Waals surface area contributed by atoms with Gasteiger partial charge >= 0.3 is 0 Å². The molecular formula is C17H14BrN3OS3. The predicted molar refractivity (Wildman–Crippen MR) is 110 cm³/mol. The minimum absolute atomic E-state index is 0.0736. The van der Waals surface area contributed by atoms with Crippen molar-refractivity contribution >= 4 is 62.8 Å². The van der Waals surface area contributed by atoms with Crippen LogP contribution in [0.5, 0.6) is 0 Å². The van der Waals surface area contributed by atoms with Crippen LogP contribution in [0, 0.1) is 3.95 Å². The summed E-state index contributed by atoms with van der Waals surface area (Å²) in [6.45, 7) is 1.86. The molecule has 128 valence electrons. The zero-order chi connectivity index (χ0) is 17.8. The molecule has 1 N–H and O–H groups in total. The van der Waals surface area contributed by atoms with Crippen LogP contribution in [0.2, 0.25) is 0 Å². The van der Waals surface area contributed by atoms with Gasteiger partial charge in [-0.2, -0.15) is 0 Å². The van der Waals surface area contributed by atoms with E-state index in [1.165, 1.54) is 23.1 Å². The van der Waals surface area contributed by atoms with Crippen LogP contribution in [0.15, 0.2) is 63.4 Å². The molecule has 2 aromatic carbocycles. The SMILES string of the molecule is CC(Sc1nn(-c2ccccc2)c(=S)s1)C(=O)Nc1cccc(Br)c1. The molecular weight excluding hydrogens is 438 g/mol. The third-order valence-electron chi connectivity index (χ3n) is 3.27. The van der Waals surface area contributed by atoms with Crippen LogP contribution in [0.3, 0.4) is 0 Å². The lowest BCUT2D eigenvalue weighted by Gasteiger charge is -2.10. The number of hydrogen-bond acceptors (Lipinski definition) is 5. The van der Waals surface area contributed by atoms with Crippen molar-refractivity contribution in [1.29, 1.82) is 0 Å². The molecule has 8 heteroatoms. The first kappa shape index (κ1) is 18.3. The van der Waals surface area contributed by atoms with Crippen LogP contribution in [0.25, 0.3) is 5.69 Å². The molecule has 0 fully saturated rings. The van der Waals surface area contributed by atoms with Gasteiger partial charge in [0.05, 0.1) is 10.9 Å². The van der Waals surface area contributed by atoms with E-state index >= 15 is 0 Å². The van der Waals surface area contributed by atoms with Crippen LogP contribution >= 0.6 is 51.2 Å². The van der Waals surface area contributed by atoms with E-state index in [1.54, 1.807) is 4.68 Å². The van der Waals surface area contributed by atoms with Gasteiger partial charge in [-0.05, 0) is 49.5 Å². The number of anilines is 1. The second-order valence-corrected chi connectivity index (χ2v) is 9.27. The number of hydrogen-bond donors (Lipinski definition) is 1. The van der Waals surface area contributed by atoms with E-state index in [2.05, 4.69) is 26.3 Å². The van der Waals surface area contributed by atoms with Gasteiger partial charge in [0.1, 0.15) is 0 Å². The summed E-state index contributed by atoms with van der Waals surface area (Å²) in [5.41, 5.74) is 1.68. The maximum atomic E-state index is 12.4. The van der Waals surface area contributed by atoms with E-state index in [1.807, 2.05) is 61.5 Å². The zero-order valence-corrected chi connectivity index (χ0v) is 17.2. The monoisotopic (exact) mass is 451 g/mol. The molecule has 0 bridgehead atoms. The number of para-hydroxylation sites is 1. The highest BCUT2D eigenvalue weighted by Gasteiger charge is 2.17. The fraction of sp³-hybridized carbons (Fsp3) is 0.118. The smallest absolute Gasteiger partial charge is 0.237 e. The summed E-state index contributed by atoms with van der Waals surface area (Å²) in [7, 11) is 0. The summed E-state index contributed by atoms with van der Waals surface area (Å²) >= 11 is 11.6. The normalized spacial score (nSPS) is 11.9. The van der Waals surface area contributed by atoms with Crippen LogP contribution in [-0.4, -0.2) is 20.9 Å². The molecule has 1 atom stereocenters. The Kier molecular flexibility index (Phi) is 6.06. The molecule has 0 aliphatic carbocycles. The molecule has 3 aromatic rings. The lowest BCUT2D eigenvalue weighted by atomic mass is 10.3. The molecule has 1 aromatic heterocycles. The van der Waals surface area contributed by atoms with Crippen LogP contribution in [0.1, 0.15) is 6.92 Å². The number of rotatable bonds is 5. The first-order valence-corrected chi connectivity index (χ1v) is 10.3. The van der Waals surface area contributed by atoms with Crippen LogP contribution in [0.4, 0.5) is 5.69 Å². The van der Waals surface area contributed by atoms with Gasteiger partial charge in [0, 0.05) is 10.2 Å².